The van der Waals surface area contributed by atoms with Crippen LogP contribution in [0.25, 0.3) is 0 Å². The summed E-state index contributed by atoms with van der Waals surface area (Å²) in [6.45, 7) is 2.57. The Bertz CT molecular complexity index is 805. The summed E-state index contributed by atoms with van der Waals surface area (Å²) < 4.78 is 7.25. The Balaban J connectivity index is 1.40. The van der Waals surface area contributed by atoms with Crippen molar-refractivity contribution in [1.82, 2.24) is 0 Å². The molecular formula is C25H29NO3. The number of hydrogen-bond acceptors (Lipinski definition) is 3. The molecule has 0 aliphatic carbocycles. The molecule has 3 aliphatic rings. The molecule has 3 saturated heterocycles. The van der Waals surface area contributed by atoms with Crippen LogP contribution in [0.15, 0.2) is 60.7 Å². The molecule has 2 bridgehead atoms. The zero-order valence-corrected chi connectivity index (χ0v) is 16.8. The molecule has 2 aromatic carbocycles. The zero-order chi connectivity index (χ0) is 19.9. The number of hydrogen-bond donors (Lipinski definition) is 0. The van der Waals surface area contributed by atoms with Crippen LogP contribution in [0.3, 0.4) is 0 Å². The van der Waals surface area contributed by atoms with E-state index in [1.54, 1.807) is 48.5 Å². The van der Waals surface area contributed by atoms with Gasteiger partial charge in [0.2, 0.25) is 0 Å². The quantitative estimate of drug-likeness (QED) is 0.594. The molecule has 0 saturated carbocycles. The lowest BCUT2D eigenvalue weighted by molar-refractivity contribution is -0.956. The number of piperidine rings is 1. The molecule has 29 heavy (non-hydrogen) atoms. The fourth-order valence-electron chi connectivity index (χ4n) is 6.29. The van der Waals surface area contributed by atoms with Crippen molar-refractivity contribution in [2.24, 2.45) is 0 Å². The first-order chi connectivity index (χ1) is 14.1. The standard InChI is InChI=1S/C25H29NO3/c27-24(25(28,19-9-3-1-4-10-19)20-11-5-2-6-12-20)29-23-17-21-13-14-22(18-23)26(21)15-7-8-16-26/h1-6,9-12,21-23H,7-8,13-18H2. The third-order valence-corrected chi connectivity index (χ3v) is 7.68. The fraction of sp³-hybridized carbons (Fsp3) is 0.480. The Morgan fingerprint density at radius 3 is 1.83 bits per heavy atom. The molecule has 3 heterocycles. The molecule has 1 spiro atoms. The van der Waals surface area contributed by atoms with Gasteiger partial charge in [0, 0.05) is 44.1 Å². The van der Waals surface area contributed by atoms with Crippen LogP contribution < -0.4 is 5.11 Å². The van der Waals surface area contributed by atoms with Gasteiger partial charge in [-0.15, -0.1) is 0 Å². The first-order valence-corrected chi connectivity index (χ1v) is 11.0. The van der Waals surface area contributed by atoms with Gasteiger partial charge in [-0.25, -0.2) is 0 Å². The smallest absolute Gasteiger partial charge is 0.304 e. The Kier molecular flexibility index (Phi) is 4.72. The summed E-state index contributed by atoms with van der Waals surface area (Å²) in [7, 11) is 0. The van der Waals surface area contributed by atoms with E-state index >= 15 is 0 Å². The topological polar surface area (TPSA) is 49.4 Å². The van der Waals surface area contributed by atoms with E-state index in [1.807, 2.05) is 12.1 Å². The number of rotatable bonds is 4. The van der Waals surface area contributed by atoms with Crippen LogP contribution in [-0.2, 0) is 15.1 Å². The minimum Gasteiger partial charge on any atom is -0.834 e. The van der Waals surface area contributed by atoms with E-state index in [0.29, 0.717) is 23.2 Å². The predicted molar refractivity (Wildman–Crippen MR) is 109 cm³/mol. The van der Waals surface area contributed by atoms with Gasteiger partial charge >= 0.3 is 5.97 Å². The summed E-state index contributed by atoms with van der Waals surface area (Å²) >= 11 is 0. The monoisotopic (exact) mass is 391 g/mol. The van der Waals surface area contributed by atoms with Crippen LogP contribution in [0.5, 0.6) is 0 Å². The van der Waals surface area contributed by atoms with Gasteiger partial charge in [-0.3, -0.25) is 4.79 Å². The minimum atomic E-state index is -2.03. The van der Waals surface area contributed by atoms with Crippen molar-refractivity contribution in [3.63, 3.8) is 0 Å². The molecule has 152 valence electrons. The average Bonchev–Trinajstić information content (AvgIpc) is 3.31. The van der Waals surface area contributed by atoms with Gasteiger partial charge in [0.1, 0.15) is 6.10 Å². The molecule has 0 aromatic heterocycles. The van der Waals surface area contributed by atoms with Crippen LogP contribution in [0.2, 0.25) is 0 Å². The molecule has 2 atom stereocenters. The zero-order valence-electron chi connectivity index (χ0n) is 16.8. The van der Waals surface area contributed by atoms with E-state index in [1.165, 1.54) is 43.3 Å². The maximum atomic E-state index is 14.0. The average molecular weight is 392 g/mol. The summed E-state index contributed by atoms with van der Waals surface area (Å²) in [4.78, 5) is 13.3. The van der Waals surface area contributed by atoms with Crippen molar-refractivity contribution >= 4 is 5.97 Å². The van der Waals surface area contributed by atoms with Crippen molar-refractivity contribution < 1.29 is 19.1 Å². The lowest BCUT2D eigenvalue weighted by atomic mass is 9.86. The highest BCUT2D eigenvalue weighted by molar-refractivity contribution is 5.85. The van der Waals surface area contributed by atoms with Crippen molar-refractivity contribution in [3.8, 4) is 0 Å². The van der Waals surface area contributed by atoms with Crippen molar-refractivity contribution in [2.45, 2.75) is 62.3 Å². The fourth-order valence-corrected chi connectivity index (χ4v) is 6.29. The van der Waals surface area contributed by atoms with Gasteiger partial charge < -0.3 is 14.3 Å². The van der Waals surface area contributed by atoms with Gasteiger partial charge in [-0.1, -0.05) is 60.7 Å². The molecule has 0 N–H and O–H groups in total. The van der Waals surface area contributed by atoms with E-state index in [-0.39, 0.29) is 6.10 Å². The van der Waals surface area contributed by atoms with Gasteiger partial charge in [0.05, 0.1) is 25.2 Å². The minimum absolute atomic E-state index is 0.134. The second-order valence-electron chi connectivity index (χ2n) is 9.05. The number of carbonyl (C=O) groups is 1. The van der Waals surface area contributed by atoms with E-state index in [2.05, 4.69) is 0 Å². The number of benzene rings is 2. The first-order valence-electron chi connectivity index (χ1n) is 11.0. The molecule has 3 fully saturated rings. The third-order valence-electron chi connectivity index (χ3n) is 7.68. The van der Waals surface area contributed by atoms with Crippen LogP contribution in [0.4, 0.5) is 0 Å². The molecule has 5 rings (SSSR count). The van der Waals surface area contributed by atoms with E-state index in [0.717, 1.165) is 12.8 Å². The summed E-state index contributed by atoms with van der Waals surface area (Å²) in [5, 5.41) is 14.0. The molecule has 4 heteroatoms. The molecule has 4 nitrogen and oxygen atoms in total. The van der Waals surface area contributed by atoms with Crippen molar-refractivity contribution in [3.05, 3.63) is 71.8 Å². The normalized spacial score (nSPS) is 27.8. The number of quaternary nitrogens is 1. The van der Waals surface area contributed by atoms with Gasteiger partial charge in [-0.05, 0) is 11.1 Å². The number of carbonyl (C=O) groups excluding carboxylic acids is 1. The molecule has 0 amide bonds. The molecule has 2 aromatic rings. The highest BCUT2D eigenvalue weighted by Crippen LogP contribution is 2.46. The summed E-state index contributed by atoms with van der Waals surface area (Å²) in [5.41, 5.74) is -1.14. The first kappa shape index (κ1) is 18.8. The molecule has 0 radical (unpaired) electrons. The SMILES string of the molecule is O=C(OC1CC2CCC(C1)[N+]21CCCC1)C([O-])(c1ccccc1)c1ccccc1. The van der Waals surface area contributed by atoms with E-state index in [4.69, 9.17) is 4.74 Å². The number of ether oxygens (including phenoxy) is 1. The number of esters is 1. The Hall–Kier alpha value is -2.17. The van der Waals surface area contributed by atoms with Crippen LogP contribution in [0, 0.1) is 0 Å². The van der Waals surface area contributed by atoms with Crippen LogP contribution >= 0.6 is 0 Å². The molecule has 2 unspecified atom stereocenters. The van der Waals surface area contributed by atoms with Crippen molar-refractivity contribution in [1.29, 1.82) is 0 Å². The maximum absolute atomic E-state index is 14.0. The highest BCUT2D eigenvalue weighted by Gasteiger charge is 2.56. The Morgan fingerprint density at radius 1 is 0.862 bits per heavy atom. The summed E-state index contributed by atoms with van der Waals surface area (Å²) in [6.07, 6.45) is 6.79. The lowest BCUT2D eigenvalue weighted by Gasteiger charge is -2.48. The third kappa shape index (κ3) is 3.01. The van der Waals surface area contributed by atoms with Crippen LogP contribution in [0.1, 0.15) is 49.7 Å². The Morgan fingerprint density at radius 2 is 1.34 bits per heavy atom. The summed E-state index contributed by atoms with van der Waals surface area (Å²) in [5.74, 6) is -0.658. The van der Waals surface area contributed by atoms with Gasteiger partial charge in [0.15, 0.2) is 0 Å². The maximum Gasteiger partial charge on any atom is 0.304 e. The van der Waals surface area contributed by atoms with Crippen molar-refractivity contribution in [2.75, 3.05) is 13.1 Å². The Labute approximate surface area is 172 Å². The second kappa shape index (κ2) is 7.26. The highest BCUT2D eigenvalue weighted by atomic mass is 16.6. The summed E-state index contributed by atoms with van der Waals surface area (Å²) in [6, 6.07) is 19.1. The van der Waals surface area contributed by atoms with Gasteiger partial charge in [-0.2, -0.15) is 0 Å². The predicted octanol–water partition coefficient (Wildman–Crippen LogP) is 3.14. The van der Waals surface area contributed by atoms with E-state index in [9.17, 15) is 9.90 Å². The lowest BCUT2D eigenvalue weighted by Crippen LogP contribution is -2.60. The number of nitrogens with zero attached hydrogens (tertiary/aromatic N) is 1. The van der Waals surface area contributed by atoms with Gasteiger partial charge in [0.25, 0.3) is 0 Å². The van der Waals surface area contributed by atoms with Crippen LogP contribution in [-0.4, -0.2) is 41.7 Å². The molecular weight excluding hydrogens is 362 g/mol. The second-order valence-corrected chi connectivity index (χ2v) is 9.05. The van der Waals surface area contributed by atoms with E-state index < -0.39 is 11.6 Å². The largest absolute Gasteiger partial charge is 0.834 e. The molecule has 3 aliphatic heterocycles.